The van der Waals surface area contributed by atoms with Crippen molar-refractivity contribution in [2.24, 2.45) is 5.73 Å². The number of nitrogen functional groups attached to an aromatic ring is 1. The Morgan fingerprint density at radius 2 is 1.62 bits per heavy atom. The first kappa shape index (κ1) is 15.1. The van der Waals surface area contributed by atoms with E-state index in [1.54, 1.807) is 30.3 Å². The van der Waals surface area contributed by atoms with Gasteiger partial charge in [0.2, 0.25) is 0 Å². The zero-order valence-electron chi connectivity index (χ0n) is 11.1. The van der Waals surface area contributed by atoms with Crippen LogP contribution in [-0.4, -0.2) is 19.0 Å². The molecule has 0 atom stereocenters. The number of ether oxygens (including phenoxy) is 2. The quantitative estimate of drug-likeness (QED) is 0.489. The van der Waals surface area contributed by atoms with Gasteiger partial charge in [-0.15, -0.1) is 0 Å². The molecule has 0 amide bonds. The van der Waals surface area contributed by atoms with Crippen LogP contribution in [0.3, 0.4) is 0 Å². The summed E-state index contributed by atoms with van der Waals surface area (Å²) in [4.78, 5) is 0. The van der Waals surface area contributed by atoms with Crippen LogP contribution in [-0.2, 0) is 0 Å². The number of nitrogens with one attached hydrogen (secondary N) is 1. The molecule has 2 aromatic rings. The summed E-state index contributed by atoms with van der Waals surface area (Å²) in [6.45, 7) is 0.583. The molecule has 3 N–H and O–H groups in total. The Hall–Kier alpha value is -2.27. The lowest BCUT2D eigenvalue weighted by atomic mass is 10.2. The smallest absolute Gasteiger partial charge is 0.145 e. The molecular formula is C15H14ClFN2O2. The molecule has 0 aliphatic rings. The van der Waals surface area contributed by atoms with Crippen molar-refractivity contribution in [2.45, 2.75) is 0 Å². The molecular weight excluding hydrogens is 295 g/mol. The summed E-state index contributed by atoms with van der Waals surface area (Å²) < 4.78 is 24.0. The molecule has 0 aliphatic carbocycles. The molecule has 0 fully saturated rings. The number of halogens is 2. The van der Waals surface area contributed by atoms with E-state index in [1.807, 2.05) is 0 Å². The fourth-order valence-electron chi connectivity index (χ4n) is 1.62. The van der Waals surface area contributed by atoms with Crippen LogP contribution < -0.4 is 15.2 Å². The number of hydrogen-bond acceptors (Lipinski definition) is 3. The second-order valence-electron chi connectivity index (χ2n) is 4.21. The van der Waals surface area contributed by atoms with E-state index < -0.39 is 5.82 Å². The Balaban J connectivity index is 1.79. The van der Waals surface area contributed by atoms with E-state index in [1.165, 1.54) is 12.1 Å². The second kappa shape index (κ2) is 6.95. The number of hydrogen-bond donors (Lipinski definition) is 2. The van der Waals surface area contributed by atoms with Gasteiger partial charge in [-0.05, 0) is 36.4 Å². The predicted molar refractivity (Wildman–Crippen MR) is 79.9 cm³/mol. The van der Waals surface area contributed by atoms with Gasteiger partial charge in [0.25, 0.3) is 0 Å². The van der Waals surface area contributed by atoms with E-state index in [4.69, 9.17) is 32.2 Å². The monoisotopic (exact) mass is 308 g/mol. The van der Waals surface area contributed by atoms with Crippen molar-refractivity contribution in [1.29, 1.82) is 5.41 Å². The Labute approximate surface area is 126 Å². The zero-order valence-corrected chi connectivity index (χ0v) is 11.9. The van der Waals surface area contributed by atoms with E-state index >= 15 is 0 Å². The third kappa shape index (κ3) is 4.36. The van der Waals surface area contributed by atoms with Crippen LogP contribution in [0.2, 0.25) is 5.02 Å². The molecule has 2 aromatic carbocycles. The molecule has 0 unspecified atom stereocenters. The summed E-state index contributed by atoms with van der Waals surface area (Å²) in [5.74, 6) is 0.530. The van der Waals surface area contributed by atoms with E-state index in [2.05, 4.69) is 0 Å². The van der Waals surface area contributed by atoms with Crippen molar-refractivity contribution < 1.29 is 13.9 Å². The maximum atomic E-state index is 13.2. The van der Waals surface area contributed by atoms with Gasteiger partial charge in [0, 0.05) is 11.6 Å². The van der Waals surface area contributed by atoms with Gasteiger partial charge in [-0.25, -0.2) is 4.39 Å². The molecule has 0 aliphatic heterocycles. The van der Waals surface area contributed by atoms with E-state index in [-0.39, 0.29) is 17.5 Å². The number of benzene rings is 2. The van der Waals surface area contributed by atoms with Crippen molar-refractivity contribution >= 4 is 17.4 Å². The minimum atomic E-state index is -0.519. The lowest BCUT2D eigenvalue weighted by molar-refractivity contribution is 0.216. The fraction of sp³-hybridized carbons (Fsp3) is 0.133. The highest BCUT2D eigenvalue weighted by Gasteiger charge is 2.02. The number of rotatable bonds is 6. The second-order valence-corrected chi connectivity index (χ2v) is 4.62. The molecule has 21 heavy (non-hydrogen) atoms. The van der Waals surface area contributed by atoms with Crippen LogP contribution in [0.15, 0.2) is 42.5 Å². The standard InChI is InChI=1S/C15H14ClFN2O2/c16-13-6-5-12(9-14(13)17)21-8-7-20-11-3-1-10(2-4-11)15(18)19/h1-6,9H,7-8H2,(H3,18,19). The van der Waals surface area contributed by atoms with Crippen LogP contribution >= 0.6 is 11.6 Å². The summed E-state index contributed by atoms with van der Waals surface area (Å²) in [7, 11) is 0. The van der Waals surface area contributed by atoms with Gasteiger partial charge in [-0.1, -0.05) is 11.6 Å². The largest absolute Gasteiger partial charge is 0.490 e. The first-order chi connectivity index (χ1) is 10.1. The van der Waals surface area contributed by atoms with Gasteiger partial charge >= 0.3 is 0 Å². The molecule has 0 spiro atoms. The third-order valence-electron chi connectivity index (χ3n) is 2.68. The minimum Gasteiger partial charge on any atom is -0.490 e. The lowest BCUT2D eigenvalue weighted by Crippen LogP contribution is -2.11. The normalized spacial score (nSPS) is 10.2. The Morgan fingerprint density at radius 1 is 1.05 bits per heavy atom. The van der Waals surface area contributed by atoms with Gasteiger partial charge in [-0.2, -0.15) is 0 Å². The predicted octanol–water partition coefficient (Wildman–Crippen LogP) is 3.22. The van der Waals surface area contributed by atoms with Crippen LogP contribution in [0, 0.1) is 11.2 Å². The summed E-state index contributed by atoms with van der Waals surface area (Å²) in [6, 6.07) is 11.1. The molecule has 6 heteroatoms. The molecule has 110 valence electrons. The highest BCUT2D eigenvalue weighted by Crippen LogP contribution is 2.20. The maximum absolute atomic E-state index is 13.2. The summed E-state index contributed by atoms with van der Waals surface area (Å²) >= 11 is 5.58. The van der Waals surface area contributed by atoms with Crippen molar-refractivity contribution in [3.05, 3.63) is 58.9 Å². The summed E-state index contributed by atoms with van der Waals surface area (Å²) in [6.07, 6.45) is 0. The van der Waals surface area contributed by atoms with Gasteiger partial charge in [0.15, 0.2) is 0 Å². The first-order valence-corrected chi connectivity index (χ1v) is 6.59. The highest BCUT2D eigenvalue weighted by atomic mass is 35.5. The molecule has 0 radical (unpaired) electrons. The molecule has 4 nitrogen and oxygen atoms in total. The average molecular weight is 309 g/mol. The Morgan fingerprint density at radius 3 is 2.19 bits per heavy atom. The van der Waals surface area contributed by atoms with Crippen LogP contribution in [0.25, 0.3) is 0 Å². The van der Waals surface area contributed by atoms with E-state index in [0.29, 0.717) is 23.7 Å². The van der Waals surface area contributed by atoms with Crippen molar-refractivity contribution in [1.82, 2.24) is 0 Å². The number of nitrogens with two attached hydrogens (primary N) is 1. The highest BCUT2D eigenvalue weighted by molar-refractivity contribution is 6.30. The lowest BCUT2D eigenvalue weighted by Gasteiger charge is -2.09. The van der Waals surface area contributed by atoms with Gasteiger partial charge < -0.3 is 15.2 Å². The molecule has 0 saturated carbocycles. The zero-order chi connectivity index (χ0) is 15.2. The van der Waals surface area contributed by atoms with Crippen molar-refractivity contribution in [3.63, 3.8) is 0 Å². The van der Waals surface area contributed by atoms with Crippen LogP contribution in [0.5, 0.6) is 11.5 Å². The minimum absolute atomic E-state index is 0.00893. The van der Waals surface area contributed by atoms with Gasteiger partial charge in [0.05, 0.1) is 5.02 Å². The number of amidine groups is 1. The molecule has 0 aromatic heterocycles. The van der Waals surface area contributed by atoms with Crippen molar-refractivity contribution in [2.75, 3.05) is 13.2 Å². The van der Waals surface area contributed by atoms with E-state index in [9.17, 15) is 4.39 Å². The SMILES string of the molecule is N=C(N)c1ccc(OCCOc2ccc(Cl)c(F)c2)cc1. The third-order valence-corrected chi connectivity index (χ3v) is 2.98. The van der Waals surface area contributed by atoms with Crippen LogP contribution in [0.4, 0.5) is 4.39 Å². The molecule has 2 rings (SSSR count). The van der Waals surface area contributed by atoms with Crippen molar-refractivity contribution in [3.8, 4) is 11.5 Å². The summed E-state index contributed by atoms with van der Waals surface area (Å²) in [5.41, 5.74) is 5.99. The molecule has 0 saturated heterocycles. The first-order valence-electron chi connectivity index (χ1n) is 6.21. The molecule has 0 bridgehead atoms. The molecule has 0 heterocycles. The van der Waals surface area contributed by atoms with Crippen LogP contribution in [0.1, 0.15) is 5.56 Å². The fourth-order valence-corrected chi connectivity index (χ4v) is 1.73. The van der Waals surface area contributed by atoms with Gasteiger partial charge in [-0.3, -0.25) is 5.41 Å². The van der Waals surface area contributed by atoms with Gasteiger partial charge in [0.1, 0.15) is 36.4 Å². The Bertz CT molecular complexity index is 632. The van der Waals surface area contributed by atoms with E-state index in [0.717, 1.165) is 0 Å². The topological polar surface area (TPSA) is 68.3 Å². The average Bonchev–Trinajstić information content (AvgIpc) is 2.47. The Kier molecular flexibility index (Phi) is 5.00. The maximum Gasteiger partial charge on any atom is 0.145 e. The summed E-state index contributed by atoms with van der Waals surface area (Å²) in [5, 5.41) is 7.34.